The number of benzene rings is 1. The zero-order valence-electron chi connectivity index (χ0n) is 8.96. The van der Waals surface area contributed by atoms with Gasteiger partial charge in [-0.15, -0.1) is 0 Å². The number of primary sulfonamides is 1. The van der Waals surface area contributed by atoms with E-state index in [0.29, 0.717) is 11.4 Å². The van der Waals surface area contributed by atoms with Crippen LogP contribution in [-0.2, 0) is 10.0 Å². The number of halogens is 1. The third kappa shape index (κ3) is 2.20. The Kier molecular flexibility index (Phi) is 2.72. The summed E-state index contributed by atoms with van der Waals surface area (Å²) in [4.78, 5) is -0.0400. The summed E-state index contributed by atoms with van der Waals surface area (Å²) in [6.45, 7) is 1.58. The van der Waals surface area contributed by atoms with Gasteiger partial charge in [0.1, 0.15) is 10.7 Å². The van der Waals surface area contributed by atoms with Gasteiger partial charge in [0.15, 0.2) is 0 Å². The van der Waals surface area contributed by atoms with E-state index < -0.39 is 10.0 Å². The number of nitrogens with two attached hydrogens (primary N) is 1. The lowest BCUT2D eigenvalue weighted by molar-refractivity contribution is 0.597. The Morgan fingerprint density at radius 2 is 1.88 bits per heavy atom. The highest BCUT2D eigenvalue weighted by Crippen LogP contribution is 2.17. The highest BCUT2D eigenvalue weighted by Gasteiger charge is 2.17. The van der Waals surface area contributed by atoms with Gasteiger partial charge >= 0.3 is 0 Å². The van der Waals surface area contributed by atoms with Crippen molar-refractivity contribution in [3.8, 4) is 5.69 Å². The molecule has 7 heteroatoms. The average molecular weight is 255 g/mol. The van der Waals surface area contributed by atoms with Gasteiger partial charge < -0.3 is 0 Å². The van der Waals surface area contributed by atoms with Crippen molar-refractivity contribution in [2.75, 3.05) is 0 Å². The molecule has 0 radical (unpaired) electrons. The van der Waals surface area contributed by atoms with E-state index in [-0.39, 0.29) is 10.7 Å². The summed E-state index contributed by atoms with van der Waals surface area (Å²) in [6, 6.07) is 5.55. The zero-order chi connectivity index (χ0) is 12.6. The van der Waals surface area contributed by atoms with Gasteiger partial charge in [0.2, 0.25) is 10.0 Å². The molecule has 0 amide bonds. The van der Waals surface area contributed by atoms with Crippen molar-refractivity contribution in [3.05, 3.63) is 42.0 Å². The van der Waals surface area contributed by atoms with Crippen LogP contribution in [0, 0.1) is 12.7 Å². The molecule has 1 heterocycles. The first-order valence-corrected chi connectivity index (χ1v) is 6.27. The molecule has 0 aliphatic rings. The molecule has 0 aliphatic carbocycles. The lowest BCUT2D eigenvalue weighted by Gasteiger charge is -2.04. The van der Waals surface area contributed by atoms with E-state index in [0.717, 1.165) is 0 Å². The minimum atomic E-state index is -3.79. The van der Waals surface area contributed by atoms with E-state index in [1.165, 1.54) is 35.1 Å². The Hall–Kier alpha value is -1.73. The first kappa shape index (κ1) is 11.7. The molecule has 2 aromatic rings. The van der Waals surface area contributed by atoms with Gasteiger partial charge in [0.05, 0.1) is 17.6 Å². The van der Waals surface area contributed by atoms with E-state index in [1.807, 2.05) is 0 Å². The molecule has 2 N–H and O–H groups in total. The molecular weight excluding hydrogens is 245 g/mol. The average Bonchev–Trinajstić information content (AvgIpc) is 2.61. The van der Waals surface area contributed by atoms with Crippen LogP contribution in [0.3, 0.4) is 0 Å². The SMILES string of the molecule is Cc1c(S(N)(=O)=O)cnn1-c1ccc(F)cc1. The van der Waals surface area contributed by atoms with Crippen molar-refractivity contribution in [3.63, 3.8) is 0 Å². The number of rotatable bonds is 2. The summed E-state index contributed by atoms with van der Waals surface area (Å²) in [5.74, 6) is -0.370. The second kappa shape index (κ2) is 3.94. The minimum Gasteiger partial charge on any atom is -0.237 e. The third-order valence-electron chi connectivity index (χ3n) is 2.34. The van der Waals surface area contributed by atoms with Crippen LogP contribution in [0.15, 0.2) is 35.4 Å². The topological polar surface area (TPSA) is 78.0 Å². The monoisotopic (exact) mass is 255 g/mol. The summed E-state index contributed by atoms with van der Waals surface area (Å²) in [5, 5.41) is 8.95. The van der Waals surface area contributed by atoms with Crippen LogP contribution in [-0.4, -0.2) is 18.2 Å². The molecule has 0 saturated carbocycles. The summed E-state index contributed by atoms with van der Waals surface area (Å²) in [6.07, 6.45) is 1.17. The Balaban J connectivity index is 2.55. The first-order valence-electron chi connectivity index (χ1n) is 4.73. The number of sulfonamides is 1. The van der Waals surface area contributed by atoms with Gasteiger partial charge in [-0.25, -0.2) is 22.6 Å². The van der Waals surface area contributed by atoms with Gasteiger partial charge in [-0.3, -0.25) is 0 Å². The van der Waals surface area contributed by atoms with Crippen molar-refractivity contribution >= 4 is 10.0 Å². The molecule has 0 unspecified atom stereocenters. The van der Waals surface area contributed by atoms with Crippen LogP contribution >= 0.6 is 0 Å². The molecule has 0 bridgehead atoms. The summed E-state index contributed by atoms with van der Waals surface area (Å²) >= 11 is 0. The predicted octanol–water partition coefficient (Wildman–Crippen LogP) is 0.967. The Labute approximate surface area is 97.7 Å². The molecule has 0 atom stereocenters. The van der Waals surface area contributed by atoms with E-state index in [2.05, 4.69) is 5.10 Å². The van der Waals surface area contributed by atoms with Gasteiger partial charge in [0.25, 0.3) is 0 Å². The van der Waals surface area contributed by atoms with Gasteiger partial charge in [0, 0.05) is 0 Å². The molecule has 17 heavy (non-hydrogen) atoms. The predicted molar refractivity (Wildman–Crippen MR) is 59.6 cm³/mol. The number of aromatic nitrogens is 2. The van der Waals surface area contributed by atoms with E-state index in [9.17, 15) is 12.8 Å². The van der Waals surface area contributed by atoms with Crippen LogP contribution in [0.1, 0.15) is 5.69 Å². The smallest absolute Gasteiger partial charge is 0.237 e. The fourth-order valence-electron chi connectivity index (χ4n) is 1.52. The van der Waals surface area contributed by atoms with Gasteiger partial charge in [-0.05, 0) is 31.2 Å². The second-order valence-electron chi connectivity index (χ2n) is 3.53. The molecular formula is C10H10FN3O2S. The molecule has 0 saturated heterocycles. The normalized spacial score (nSPS) is 11.7. The third-order valence-corrected chi connectivity index (χ3v) is 3.36. The van der Waals surface area contributed by atoms with Crippen LogP contribution in [0.25, 0.3) is 5.69 Å². The summed E-state index contributed by atoms with van der Waals surface area (Å²) < 4.78 is 36.6. The largest absolute Gasteiger partial charge is 0.241 e. The molecule has 2 rings (SSSR count). The van der Waals surface area contributed by atoms with E-state index in [4.69, 9.17) is 5.14 Å². The maximum absolute atomic E-state index is 12.8. The number of hydrogen-bond donors (Lipinski definition) is 1. The zero-order valence-corrected chi connectivity index (χ0v) is 9.78. The first-order chi connectivity index (χ1) is 7.89. The highest BCUT2D eigenvalue weighted by atomic mass is 32.2. The van der Waals surface area contributed by atoms with Crippen LogP contribution in [0.2, 0.25) is 0 Å². The quantitative estimate of drug-likeness (QED) is 0.868. The van der Waals surface area contributed by atoms with Crippen LogP contribution in [0.5, 0.6) is 0 Å². The Morgan fingerprint density at radius 3 is 2.35 bits per heavy atom. The molecule has 1 aromatic heterocycles. The second-order valence-corrected chi connectivity index (χ2v) is 5.06. The van der Waals surface area contributed by atoms with Crippen molar-refractivity contribution < 1.29 is 12.8 Å². The lowest BCUT2D eigenvalue weighted by Crippen LogP contribution is -2.13. The van der Waals surface area contributed by atoms with Crippen molar-refractivity contribution in [1.29, 1.82) is 0 Å². The number of nitrogens with zero attached hydrogens (tertiary/aromatic N) is 2. The Morgan fingerprint density at radius 1 is 1.29 bits per heavy atom. The standard InChI is InChI=1S/C10H10FN3O2S/c1-7-10(17(12,15)16)6-13-14(7)9-4-2-8(11)3-5-9/h2-6H,1H3,(H2,12,15,16). The maximum atomic E-state index is 12.8. The maximum Gasteiger partial charge on any atom is 0.241 e. The van der Waals surface area contributed by atoms with Gasteiger partial charge in [-0.2, -0.15) is 5.10 Å². The molecule has 5 nitrogen and oxygen atoms in total. The van der Waals surface area contributed by atoms with Crippen molar-refractivity contribution in [2.24, 2.45) is 5.14 Å². The highest BCUT2D eigenvalue weighted by molar-refractivity contribution is 7.89. The fraction of sp³-hybridized carbons (Fsp3) is 0.100. The van der Waals surface area contributed by atoms with Crippen LogP contribution < -0.4 is 5.14 Å². The molecule has 0 fully saturated rings. The molecule has 1 aromatic carbocycles. The van der Waals surface area contributed by atoms with Crippen molar-refractivity contribution in [2.45, 2.75) is 11.8 Å². The fourth-order valence-corrected chi connectivity index (χ4v) is 2.21. The Bertz CT molecular complexity index is 647. The molecule has 90 valence electrons. The van der Waals surface area contributed by atoms with Gasteiger partial charge in [-0.1, -0.05) is 0 Å². The number of hydrogen-bond acceptors (Lipinski definition) is 3. The van der Waals surface area contributed by atoms with E-state index >= 15 is 0 Å². The van der Waals surface area contributed by atoms with E-state index in [1.54, 1.807) is 6.92 Å². The lowest BCUT2D eigenvalue weighted by atomic mass is 10.3. The molecule has 0 aliphatic heterocycles. The van der Waals surface area contributed by atoms with Crippen molar-refractivity contribution in [1.82, 2.24) is 9.78 Å². The molecule has 0 spiro atoms. The minimum absolute atomic E-state index is 0.0400. The summed E-state index contributed by atoms with van der Waals surface area (Å²) in [7, 11) is -3.79. The summed E-state index contributed by atoms with van der Waals surface area (Å²) in [5.41, 5.74) is 0.956. The van der Waals surface area contributed by atoms with Crippen LogP contribution in [0.4, 0.5) is 4.39 Å².